The fraction of sp³-hybridized carbons (Fsp3) is 0.722. The summed E-state index contributed by atoms with van der Waals surface area (Å²) < 4.78 is 11.6. The lowest BCUT2D eigenvalue weighted by Crippen LogP contribution is -2.49. The second-order valence-corrected chi connectivity index (χ2v) is 7.26. The summed E-state index contributed by atoms with van der Waals surface area (Å²) >= 11 is 0. The molecule has 0 N–H and O–H groups in total. The Morgan fingerprint density at radius 3 is 2.27 bits per heavy atom. The second kappa shape index (κ2) is 7.00. The van der Waals surface area contributed by atoms with Crippen molar-refractivity contribution in [2.75, 3.05) is 62.3 Å². The highest BCUT2D eigenvalue weighted by molar-refractivity contribution is 5.73. The van der Waals surface area contributed by atoms with E-state index in [0.717, 1.165) is 69.6 Å². The maximum absolute atomic E-state index is 11.5. The van der Waals surface area contributed by atoms with Crippen LogP contribution in [-0.4, -0.2) is 79.0 Å². The minimum absolute atomic E-state index is 0.133. The maximum atomic E-state index is 11.5. The van der Waals surface area contributed by atoms with Crippen molar-refractivity contribution >= 4 is 17.7 Å². The molecule has 1 aromatic rings. The summed E-state index contributed by atoms with van der Waals surface area (Å²) in [5.41, 5.74) is 0.965. The number of hydrogen-bond donors (Lipinski definition) is 0. The Hall–Kier alpha value is -1.93. The predicted molar refractivity (Wildman–Crippen MR) is 97.3 cm³/mol. The van der Waals surface area contributed by atoms with Gasteiger partial charge in [-0.05, 0) is 6.92 Å². The number of ether oxygens (including phenoxy) is 2. The third-order valence-corrected chi connectivity index (χ3v) is 5.50. The van der Waals surface area contributed by atoms with Gasteiger partial charge in [-0.15, -0.1) is 0 Å². The summed E-state index contributed by atoms with van der Waals surface area (Å²) in [6, 6.07) is 2.05. The van der Waals surface area contributed by atoms with E-state index in [2.05, 4.69) is 14.8 Å². The molecule has 1 spiro atoms. The number of aromatic nitrogens is 2. The molecule has 4 rings (SSSR count). The van der Waals surface area contributed by atoms with Gasteiger partial charge in [0.2, 0.25) is 11.9 Å². The van der Waals surface area contributed by atoms with Crippen molar-refractivity contribution in [3.63, 3.8) is 0 Å². The predicted octanol–water partition coefficient (Wildman–Crippen LogP) is 0.797. The summed E-state index contributed by atoms with van der Waals surface area (Å²) in [4.78, 5) is 27.3. The topological polar surface area (TPSA) is 71.0 Å². The van der Waals surface area contributed by atoms with Crippen molar-refractivity contribution in [3.8, 4) is 0 Å². The van der Waals surface area contributed by atoms with Crippen LogP contribution in [0.5, 0.6) is 0 Å². The zero-order valence-corrected chi connectivity index (χ0v) is 15.6. The molecule has 0 aliphatic carbocycles. The second-order valence-electron chi connectivity index (χ2n) is 7.26. The van der Waals surface area contributed by atoms with Crippen LogP contribution in [0.2, 0.25) is 0 Å². The fourth-order valence-electron chi connectivity index (χ4n) is 3.92. The van der Waals surface area contributed by atoms with Gasteiger partial charge in [0.1, 0.15) is 5.82 Å². The number of nitrogens with zero attached hydrogens (tertiary/aromatic N) is 5. The van der Waals surface area contributed by atoms with Crippen molar-refractivity contribution in [1.29, 1.82) is 0 Å². The Morgan fingerprint density at radius 2 is 1.65 bits per heavy atom. The van der Waals surface area contributed by atoms with Gasteiger partial charge in [0.25, 0.3) is 0 Å². The summed E-state index contributed by atoms with van der Waals surface area (Å²) in [7, 11) is 0. The molecule has 0 unspecified atom stereocenters. The van der Waals surface area contributed by atoms with Gasteiger partial charge < -0.3 is 24.2 Å². The third-order valence-electron chi connectivity index (χ3n) is 5.50. The van der Waals surface area contributed by atoms with Crippen molar-refractivity contribution in [1.82, 2.24) is 14.9 Å². The third kappa shape index (κ3) is 3.48. The van der Waals surface area contributed by atoms with E-state index in [1.54, 1.807) is 6.92 Å². The molecule has 3 fully saturated rings. The number of piperazine rings is 1. The Bertz CT molecular complexity index is 659. The first-order valence-electron chi connectivity index (χ1n) is 9.44. The molecule has 0 atom stereocenters. The highest BCUT2D eigenvalue weighted by atomic mass is 16.7. The van der Waals surface area contributed by atoms with E-state index in [4.69, 9.17) is 14.5 Å². The molecular formula is C18H27N5O3. The van der Waals surface area contributed by atoms with E-state index in [1.165, 1.54) is 0 Å². The first kappa shape index (κ1) is 17.5. The molecule has 3 aliphatic rings. The summed E-state index contributed by atoms with van der Waals surface area (Å²) in [6.45, 7) is 9.76. The molecule has 26 heavy (non-hydrogen) atoms. The molecule has 3 saturated heterocycles. The SMILES string of the molecule is CC(=O)N1CCN(c2nc(C)cc(N3CCC4(CC3)OCCO4)n2)CC1. The zero-order chi connectivity index (χ0) is 18.1. The number of hydrogen-bond acceptors (Lipinski definition) is 7. The van der Waals surface area contributed by atoms with E-state index in [1.807, 2.05) is 17.9 Å². The van der Waals surface area contributed by atoms with E-state index < -0.39 is 0 Å². The molecule has 0 radical (unpaired) electrons. The first-order chi connectivity index (χ1) is 12.5. The largest absolute Gasteiger partial charge is 0.356 e. The van der Waals surface area contributed by atoms with Gasteiger partial charge in [0.15, 0.2) is 5.79 Å². The highest BCUT2D eigenvalue weighted by Gasteiger charge is 2.40. The van der Waals surface area contributed by atoms with Gasteiger partial charge in [-0.1, -0.05) is 0 Å². The van der Waals surface area contributed by atoms with E-state index in [-0.39, 0.29) is 11.7 Å². The molecule has 0 bridgehead atoms. The molecule has 1 amide bonds. The van der Waals surface area contributed by atoms with Crippen LogP contribution in [0.1, 0.15) is 25.5 Å². The molecule has 8 nitrogen and oxygen atoms in total. The molecule has 0 aromatic carbocycles. The van der Waals surface area contributed by atoms with Crippen molar-refractivity contribution < 1.29 is 14.3 Å². The van der Waals surface area contributed by atoms with Gasteiger partial charge in [-0.3, -0.25) is 4.79 Å². The lowest BCUT2D eigenvalue weighted by Gasteiger charge is -2.38. The number of anilines is 2. The first-order valence-corrected chi connectivity index (χ1v) is 9.44. The standard InChI is InChI=1S/C18H27N5O3/c1-14-13-16(22-5-3-18(4-6-22)25-11-12-26-18)20-17(19-14)23-9-7-21(8-10-23)15(2)24/h13H,3-12H2,1-2H3. The van der Waals surface area contributed by atoms with Crippen LogP contribution in [0.3, 0.4) is 0 Å². The van der Waals surface area contributed by atoms with Gasteiger partial charge in [0, 0.05) is 70.8 Å². The van der Waals surface area contributed by atoms with E-state index in [9.17, 15) is 4.79 Å². The molecule has 8 heteroatoms. The Kier molecular flexibility index (Phi) is 4.71. The lowest BCUT2D eigenvalue weighted by molar-refractivity contribution is -0.169. The fourth-order valence-corrected chi connectivity index (χ4v) is 3.92. The summed E-state index contributed by atoms with van der Waals surface area (Å²) in [6.07, 6.45) is 1.73. The molecular weight excluding hydrogens is 334 g/mol. The Labute approximate surface area is 154 Å². The smallest absolute Gasteiger partial charge is 0.227 e. The number of rotatable bonds is 2. The monoisotopic (exact) mass is 361 g/mol. The molecule has 0 saturated carbocycles. The van der Waals surface area contributed by atoms with E-state index >= 15 is 0 Å². The summed E-state index contributed by atoms with van der Waals surface area (Å²) in [5.74, 6) is 1.49. The van der Waals surface area contributed by atoms with Crippen LogP contribution in [0.25, 0.3) is 0 Å². The number of amides is 1. The van der Waals surface area contributed by atoms with Crippen LogP contribution in [-0.2, 0) is 14.3 Å². The van der Waals surface area contributed by atoms with Gasteiger partial charge >= 0.3 is 0 Å². The molecule has 4 heterocycles. The average molecular weight is 361 g/mol. The average Bonchev–Trinajstić information content (AvgIpc) is 3.10. The van der Waals surface area contributed by atoms with Crippen molar-refractivity contribution in [3.05, 3.63) is 11.8 Å². The Balaban J connectivity index is 1.44. The normalized spacial score (nSPS) is 22.9. The number of aryl methyl sites for hydroxylation is 1. The minimum Gasteiger partial charge on any atom is -0.356 e. The minimum atomic E-state index is -0.371. The van der Waals surface area contributed by atoms with Crippen LogP contribution >= 0.6 is 0 Å². The molecule has 142 valence electrons. The maximum Gasteiger partial charge on any atom is 0.227 e. The van der Waals surface area contributed by atoms with Crippen LogP contribution in [0, 0.1) is 6.92 Å². The van der Waals surface area contributed by atoms with Crippen molar-refractivity contribution in [2.45, 2.75) is 32.5 Å². The number of carbonyl (C=O) groups excluding carboxylic acids is 1. The van der Waals surface area contributed by atoms with Gasteiger partial charge in [0.05, 0.1) is 13.2 Å². The Morgan fingerprint density at radius 1 is 1.00 bits per heavy atom. The molecule has 3 aliphatic heterocycles. The van der Waals surface area contributed by atoms with Gasteiger partial charge in [-0.25, -0.2) is 4.98 Å². The summed E-state index contributed by atoms with van der Waals surface area (Å²) in [5, 5.41) is 0. The molecule has 1 aromatic heterocycles. The van der Waals surface area contributed by atoms with E-state index in [0.29, 0.717) is 13.2 Å². The lowest BCUT2D eigenvalue weighted by atomic mass is 10.0. The van der Waals surface area contributed by atoms with Crippen LogP contribution in [0.15, 0.2) is 6.07 Å². The highest BCUT2D eigenvalue weighted by Crippen LogP contribution is 2.33. The van der Waals surface area contributed by atoms with Crippen LogP contribution in [0.4, 0.5) is 11.8 Å². The van der Waals surface area contributed by atoms with Crippen molar-refractivity contribution in [2.24, 2.45) is 0 Å². The van der Waals surface area contributed by atoms with Gasteiger partial charge in [-0.2, -0.15) is 4.98 Å². The number of piperidine rings is 1. The zero-order valence-electron chi connectivity index (χ0n) is 15.6. The quantitative estimate of drug-likeness (QED) is 0.771. The van der Waals surface area contributed by atoms with Crippen LogP contribution < -0.4 is 9.80 Å². The number of carbonyl (C=O) groups is 1.